The molecule has 0 aliphatic carbocycles. The third-order valence-corrected chi connectivity index (χ3v) is 6.70. The number of benzene rings is 2. The van der Waals surface area contributed by atoms with Crippen LogP contribution in [0.25, 0.3) is 0 Å². The number of likely N-dealkylation sites (tertiary alicyclic amines) is 1. The van der Waals surface area contributed by atoms with Crippen LogP contribution in [0.2, 0.25) is 0 Å². The summed E-state index contributed by atoms with van der Waals surface area (Å²) in [7, 11) is 0. The second-order valence-corrected chi connectivity index (χ2v) is 8.88. The van der Waals surface area contributed by atoms with Gasteiger partial charge in [-0.3, -0.25) is 9.69 Å². The molecule has 2 aromatic carbocycles. The van der Waals surface area contributed by atoms with Crippen LogP contribution in [0.1, 0.15) is 50.3 Å². The van der Waals surface area contributed by atoms with Gasteiger partial charge in [-0.15, -0.1) is 0 Å². The lowest BCUT2D eigenvalue weighted by atomic mass is 9.83. The van der Waals surface area contributed by atoms with Crippen molar-refractivity contribution in [2.75, 3.05) is 25.0 Å². The Labute approximate surface area is 182 Å². The molecule has 30 heavy (non-hydrogen) atoms. The van der Waals surface area contributed by atoms with Gasteiger partial charge in [-0.25, -0.2) is 0 Å². The highest BCUT2D eigenvalue weighted by Crippen LogP contribution is 2.33. The van der Waals surface area contributed by atoms with Crippen molar-refractivity contribution in [1.29, 1.82) is 0 Å². The van der Waals surface area contributed by atoms with Gasteiger partial charge in [0.1, 0.15) is 5.54 Å². The number of carbonyl (C=O) groups excluding carboxylic acids is 1. The van der Waals surface area contributed by atoms with Gasteiger partial charge >= 0.3 is 0 Å². The van der Waals surface area contributed by atoms with Gasteiger partial charge < -0.3 is 10.2 Å². The topological polar surface area (TPSA) is 35.6 Å². The molecule has 4 nitrogen and oxygen atoms in total. The van der Waals surface area contributed by atoms with Crippen LogP contribution in [0.4, 0.5) is 5.69 Å². The Morgan fingerprint density at radius 3 is 2.17 bits per heavy atom. The van der Waals surface area contributed by atoms with E-state index in [0.717, 1.165) is 55.8 Å². The number of piperidine rings is 1. The third kappa shape index (κ3) is 4.76. The minimum atomic E-state index is -0.495. The molecular formula is C26H37N3O. The van der Waals surface area contributed by atoms with E-state index in [4.69, 9.17) is 0 Å². The number of anilines is 1. The first-order valence-corrected chi connectivity index (χ1v) is 11.3. The number of nitrogens with zero attached hydrogens (tertiary/aromatic N) is 2. The van der Waals surface area contributed by atoms with Crippen molar-refractivity contribution in [2.45, 2.75) is 65.6 Å². The smallest absolute Gasteiger partial charge is 0.245 e. The molecule has 0 saturated carbocycles. The highest BCUT2D eigenvalue weighted by Gasteiger charge is 2.46. The van der Waals surface area contributed by atoms with Crippen LogP contribution in [0.3, 0.4) is 0 Å². The van der Waals surface area contributed by atoms with Gasteiger partial charge in [0.25, 0.3) is 0 Å². The van der Waals surface area contributed by atoms with Crippen LogP contribution in [-0.2, 0) is 11.3 Å². The molecule has 4 heteroatoms. The summed E-state index contributed by atoms with van der Waals surface area (Å²) in [5.74, 6) is 0.140. The molecule has 1 aliphatic heterocycles. The number of rotatable bonds is 7. The minimum absolute atomic E-state index is 0.140. The number of hydrogen-bond acceptors (Lipinski definition) is 3. The van der Waals surface area contributed by atoms with Crippen molar-refractivity contribution in [3.63, 3.8) is 0 Å². The zero-order valence-electron chi connectivity index (χ0n) is 19.2. The summed E-state index contributed by atoms with van der Waals surface area (Å²) < 4.78 is 0. The maximum absolute atomic E-state index is 13.9. The summed E-state index contributed by atoms with van der Waals surface area (Å²) >= 11 is 0. The predicted molar refractivity (Wildman–Crippen MR) is 126 cm³/mol. The maximum Gasteiger partial charge on any atom is 0.245 e. The molecule has 2 aromatic rings. The highest BCUT2D eigenvalue weighted by atomic mass is 16.2. The van der Waals surface area contributed by atoms with E-state index in [0.29, 0.717) is 6.04 Å². The number of para-hydroxylation sites is 1. The van der Waals surface area contributed by atoms with E-state index in [-0.39, 0.29) is 5.91 Å². The van der Waals surface area contributed by atoms with Crippen LogP contribution in [-0.4, -0.2) is 46.9 Å². The van der Waals surface area contributed by atoms with Crippen molar-refractivity contribution in [3.8, 4) is 0 Å². The SMILES string of the molecule is CCN(Cc1ccccc1)C1(C(=O)Nc2c(C)cccc2C)CCN(C(C)C)CC1. The second kappa shape index (κ2) is 9.76. The van der Waals surface area contributed by atoms with Crippen molar-refractivity contribution in [1.82, 2.24) is 9.80 Å². The fourth-order valence-electron chi connectivity index (χ4n) is 4.71. The highest BCUT2D eigenvalue weighted by molar-refractivity contribution is 5.99. The summed E-state index contributed by atoms with van der Waals surface area (Å²) in [5.41, 5.74) is 3.95. The van der Waals surface area contributed by atoms with Gasteiger partial charge in [-0.1, -0.05) is 55.5 Å². The maximum atomic E-state index is 13.9. The van der Waals surface area contributed by atoms with E-state index in [1.165, 1.54) is 5.56 Å². The fraction of sp³-hybridized carbons (Fsp3) is 0.500. The van der Waals surface area contributed by atoms with Crippen molar-refractivity contribution >= 4 is 11.6 Å². The van der Waals surface area contributed by atoms with Crippen molar-refractivity contribution < 1.29 is 4.79 Å². The fourth-order valence-corrected chi connectivity index (χ4v) is 4.71. The average Bonchev–Trinajstić information content (AvgIpc) is 2.75. The first-order chi connectivity index (χ1) is 14.4. The van der Waals surface area contributed by atoms with Crippen LogP contribution < -0.4 is 5.32 Å². The quantitative estimate of drug-likeness (QED) is 0.701. The molecule has 1 saturated heterocycles. The molecule has 3 rings (SSSR count). The second-order valence-electron chi connectivity index (χ2n) is 8.88. The van der Waals surface area contributed by atoms with E-state index in [1.54, 1.807) is 0 Å². The summed E-state index contributed by atoms with van der Waals surface area (Å²) in [5, 5.41) is 3.33. The lowest BCUT2D eigenvalue weighted by Gasteiger charge is -2.48. The number of carbonyl (C=O) groups is 1. The summed E-state index contributed by atoms with van der Waals surface area (Å²) in [6.07, 6.45) is 1.70. The molecule has 0 spiro atoms. The zero-order chi connectivity index (χ0) is 21.7. The van der Waals surface area contributed by atoms with Crippen molar-refractivity contribution in [2.24, 2.45) is 0 Å². The molecule has 0 atom stereocenters. The Balaban J connectivity index is 1.91. The van der Waals surface area contributed by atoms with Gasteiger partial charge in [0.2, 0.25) is 5.91 Å². The monoisotopic (exact) mass is 407 g/mol. The molecule has 1 heterocycles. The van der Waals surface area contributed by atoms with E-state index in [9.17, 15) is 4.79 Å². The number of aryl methyl sites for hydroxylation is 2. The normalized spacial score (nSPS) is 16.8. The van der Waals surface area contributed by atoms with Gasteiger partial charge in [-0.2, -0.15) is 0 Å². The van der Waals surface area contributed by atoms with Crippen LogP contribution in [0, 0.1) is 13.8 Å². The summed E-state index contributed by atoms with van der Waals surface area (Å²) in [6.45, 7) is 14.3. The molecule has 1 amide bonds. The Kier molecular flexibility index (Phi) is 7.32. The standard InChI is InChI=1S/C26H37N3O/c1-6-29(19-23-13-8-7-9-14-23)26(15-17-28(18-16-26)20(2)3)25(30)27-24-21(4)11-10-12-22(24)5/h7-14,20H,6,15-19H2,1-5H3,(H,27,30). The van der Waals surface area contributed by atoms with E-state index >= 15 is 0 Å². The zero-order valence-corrected chi connectivity index (χ0v) is 19.2. The molecule has 1 aliphatic rings. The molecule has 0 unspecified atom stereocenters. The number of likely N-dealkylation sites (N-methyl/N-ethyl adjacent to an activating group) is 1. The average molecular weight is 408 g/mol. The van der Waals surface area contributed by atoms with Crippen molar-refractivity contribution in [3.05, 3.63) is 65.2 Å². The Hall–Kier alpha value is -2.17. The van der Waals surface area contributed by atoms with E-state index in [2.05, 4.69) is 86.1 Å². The number of nitrogens with one attached hydrogen (secondary N) is 1. The van der Waals surface area contributed by atoms with Crippen LogP contribution in [0.15, 0.2) is 48.5 Å². The van der Waals surface area contributed by atoms with E-state index < -0.39 is 5.54 Å². The first kappa shape index (κ1) is 22.5. The first-order valence-electron chi connectivity index (χ1n) is 11.3. The summed E-state index contributed by atoms with van der Waals surface area (Å²) in [6, 6.07) is 17.2. The Morgan fingerprint density at radius 2 is 1.63 bits per heavy atom. The van der Waals surface area contributed by atoms with Crippen LogP contribution >= 0.6 is 0 Å². The number of hydrogen-bond donors (Lipinski definition) is 1. The molecule has 0 bridgehead atoms. The Bertz CT molecular complexity index is 818. The van der Waals surface area contributed by atoms with E-state index in [1.807, 2.05) is 12.1 Å². The molecule has 1 N–H and O–H groups in total. The van der Waals surface area contributed by atoms with Crippen LogP contribution in [0.5, 0.6) is 0 Å². The summed E-state index contributed by atoms with van der Waals surface area (Å²) in [4.78, 5) is 18.8. The molecule has 0 radical (unpaired) electrons. The molecule has 0 aromatic heterocycles. The minimum Gasteiger partial charge on any atom is -0.324 e. The largest absolute Gasteiger partial charge is 0.324 e. The van der Waals surface area contributed by atoms with Gasteiger partial charge in [0.05, 0.1) is 0 Å². The third-order valence-electron chi connectivity index (χ3n) is 6.70. The van der Waals surface area contributed by atoms with Gasteiger partial charge in [0, 0.05) is 31.4 Å². The number of amides is 1. The Morgan fingerprint density at radius 1 is 1.03 bits per heavy atom. The lowest BCUT2D eigenvalue weighted by molar-refractivity contribution is -0.132. The molecule has 162 valence electrons. The predicted octanol–water partition coefficient (Wildman–Crippen LogP) is 5.01. The lowest BCUT2D eigenvalue weighted by Crippen LogP contribution is -2.62. The van der Waals surface area contributed by atoms with Gasteiger partial charge in [-0.05, 0) is 63.8 Å². The molecular weight excluding hydrogens is 370 g/mol. The molecule has 1 fully saturated rings. The van der Waals surface area contributed by atoms with Gasteiger partial charge in [0.15, 0.2) is 0 Å².